The number of hydroxylamine groups is 1. The zero-order valence-electron chi connectivity index (χ0n) is 15.9. The van der Waals surface area contributed by atoms with Crippen molar-refractivity contribution in [1.82, 2.24) is 20.0 Å². The molecular weight excluding hydrogens is 380 g/mol. The maximum atomic E-state index is 12.8. The van der Waals surface area contributed by atoms with Gasteiger partial charge in [0.15, 0.2) is 0 Å². The lowest BCUT2D eigenvalue weighted by Gasteiger charge is -2.27. The van der Waals surface area contributed by atoms with Crippen molar-refractivity contribution < 1.29 is 19.6 Å². The first-order valence-corrected chi connectivity index (χ1v) is 9.88. The molecule has 0 aliphatic carbocycles. The van der Waals surface area contributed by atoms with Crippen LogP contribution in [0.1, 0.15) is 32.3 Å². The van der Waals surface area contributed by atoms with Crippen molar-refractivity contribution in [2.45, 2.75) is 26.7 Å². The third-order valence-electron chi connectivity index (χ3n) is 4.31. The fraction of sp³-hybridized carbons (Fsp3) is 0.421. The first-order valence-electron chi connectivity index (χ1n) is 9.11. The summed E-state index contributed by atoms with van der Waals surface area (Å²) >= 11 is 0.994. The van der Waals surface area contributed by atoms with Crippen LogP contribution >= 0.6 is 12.1 Å². The van der Waals surface area contributed by atoms with Crippen molar-refractivity contribution in [3.05, 3.63) is 42.0 Å². The monoisotopic (exact) mass is 406 g/mol. The van der Waals surface area contributed by atoms with Crippen LogP contribution in [0.25, 0.3) is 6.08 Å². The molecule has 1 aliphatic heterocycles. The van der Waals surface area contributed by atoms with E-state index in [0.717, 1.165) is 22.1 Å². The molecular formula is C19H26N4O4S. The number of hydrazine groups is 1. The molecule has 4 N–H and O–H groups in total. The Kier molecular flexibility index (Phi) is 8.49. The standard InChI is InChI=1S/C19H26N4O4S/c1-13(2)11-16(18(25)21-23-17(24)12-20-28-23)15(19(26)22-27)10-6-9-14-7-4-3-5-8-14/h3-9,13,15-16,20,27H,10-12H2,1-2H3,(H,21,25)(H,22,26)/t15-,16+/m0/s1. The summed E-state index contributed by atoms with van der Waals surface area (Å²) in [6.45, 7) is 4.02. The number of hydrogen-bond donors (Lipinski definition) is 4. The lowest BCUT2D eigenvalue weighted by Crippen LogP contribution is -2.47. The van der Waals surface area contributed by atoms with Crippen LogP contribution in [-0.2, 0) is 14.4 Å². The normalized spacial score (nSPS) is 16.4. The number of amides is 3. The van der Waals surface area contributed by atoms with Crippen molar-refractivity contribution in [3.8, 4) is 0 Å². The van der Waals surface area contributed by atoms with Crippen LogP contribution in [0.15, 0.2) is 36.4 Å². The van der Waals surface area contributed by atoms with E-state index < -0.39 is 23.7 Å². The van der Waals surface area contributed by atoms with Crippen LogP contribution < -0.4 is 15.6 Å². The molecule has 1 aromatic rings. The quantitative estimate of drug-likeness (QED) is 0.283. The minimum Gasteiger partial charge on any atom is -0.289 e. The van der Waals surface area contributed by atoms with E-state index in [2.05, 4.69) is 10.1 Å². The first kappa shape index (κ1) is 21.9. The van der Waals surface area contributed by atoms with Gasteiger partial charge in [0.05, 0.1) is 30.5 Å². The second kappa shape index (κ2) is 10.8. The highest BCUT2D eigenvalue weighted by Gasteiger charge is 2.35. The Labute approximate surface area is 168 Å². The highest BCUT2D eigenvalue weighted by Crippen LogP contribution is 2.26. The molecule has 2 rings (SSSR count). The van der Waals surface area contributed by atoms with E-state index in [9.17, 15) is 19.6 Å². The smallest absolute Gasteiger partial charge is 0.267 e. The molecule has 152 valence electrons. The van der Waals surface area contributed by atoms with E-state index in [1.165, 1.54) is 0 Å². The van der Waals surface area contributed by atoms with Crippen molar-refractivity contribution in [3.63, 3.8) is 0 Å². The predicted molar refractivity (Wildman–Crippen MR) is 107 cm³/mol. The molecule has 2 atom stereocenters. The summed E-state index contributed by atoms with van der Waals surface area (Å²) < 4.78 is 3.90. The Bertz CT molecular complexity index is 711. The summed E-state index contributed by atoms with van der Waals surface area (Å²) in [5.74, 6) is -2.67. The van der Waals surface area contributed by atoms with Gasteiger partial charge in [-0.2, -0.15) is 4.41 Å². The molecule has 0 bridgehead atoms. The second-order valence-corrected chi connectivity index (χ2v) is 7.78. The molecule has 9 heteroatoms. The molecule has 0 unspecified atom stereocenters. The molecule has 1 fully saturated rings. The molecule has 0 spiro atoms. The van der Waals surface area contributed by atoms with Gasteiger partial charge in [-0.25, -0.2) is 10.2 Å². The van der Waals surface area contributed by atoms with E-state index >= 15 is 0 Å². The Morgan fingerprint density at radius 3 is 2.54 bits per heavy atom. The molecule has 1 aliphatic rings. The third-order valence-corrected chi connectivity index (χ3v) is 5.06. The Morgan fingerprint density at radius 1 is 1.25 bits per heavy atom. The minimum absolute atomic E-state index is 0.125. The van der Waals surface area contributed by atoms with Gasteiger partial charge in [-0.1, -0.05) is 56.3 Å². The van der Waals surface area contributed by atoms with Gasteiger partial charge in [0, 0.05) is 0 Å². The van der Waals surface area contributed by atoms with Crippen LogP contribution in [0.4, 0.5) is 0 Å². The SMILES string of the molecule is CC(C)C[C@@H](C(=O)NN1SNCC1=O)[C@H](CC=Cc1ccccc1)C(=O)NO. The zero-order chi connectivity index (χ0) is 20.5. The largest absolute Gasteiger partial charge is 0.289 e. The van der Waals surface area contributed by atoms with Gasteiger partial charge >= 0.3 is 0 Å². The molecule has 0 saturated carbocycles. The van der Waals surface area contributed by atoms with Crippen molar-refractivity contribution in [2.24, 2.45) is 17.8 Å². The predicted octanol–water partition coefficient (Wildman–Crippen LogP) is 1.90. The maximum absolute atomic E-state index is 12.8. The fourth-order valence-corrected chi connectivity index (χ4v) is 3.58. The summed E-state index contributed by atoms with van der Waals surface area (Å²) in [7, 11) is 0. The molecule has 3 amide bonds. The van der Waals surface area contributed by atoms with Crippen molar-refractivity contribution in [1.29, 1.82) is 0 Å². The van der Waals surface area contributed by atoms with Crippen LogP contribution in [0.3, 0.4) is 0 Å². The van der Waals surface area contributed by atoms with E-state index in [4.69, 9.17) is 0 Å². The van der Waals surface area contributed by atoms with Gasteiger partial charge < -0.3 is 0 Å². The highest BCUT2D eigenvalue weighted by atomic mass is 32.2. The number of allylic oxidation sites excluding steroid dienone is 1. The summed E-state index contributed by atoms with van der Waals surface area (Å²) in [4.78, 5) is 36.9. The topological polar surface area (TPSA) is 111 Å². The number of carbonyl (C=O) groups excluding carboxylic acids is 3. The second-order valence-electron chi connectivity index (χ2n) is 6.94. The molecule has 8 nitrogen and oxygen atoms in total. The lowest BCUT2D eigenvalue weighted by atomic mass is 9.82. The van der Waals surface area contributed by atoms with Crippen LogP contribution in [-0.4, -0.2) is 33.9 Å². The number of nitrogens with one attached hydrogen (secondary N) is 3. The molecule has 1 saturated heterocycles. The number of rotatable bonds is 9. The van der Waals surface area contributed by atoms with Crippen molar-refractivity contribution >= 4 is 35.9 Å². The van der Waals surface area contributed by atoms with E-state index in [0.29, 0.717) is 6.42 Å². The highest BCUT2D eigenvalue weighted by molar-refractivity contribution is 7.96. The number of carbonyl (C=O) groups is 3. The third kappa shape index (κ3) is 6.36. The minimum atomic E-state index is -0.775. The Hall–Kier alpha value is -2.36. The lowest BCUT2D eigenvalue weighted by molar-refractivity contribution is -0.143. The summed E-state index contributed by atoms with van der Waals surface area (Å²) in [5, 5.41) is 9.18. The molecule has 1 aromatic carbocycles. The average Bonchev–Trinajstić information content (AvgIpc) is 3.08. The Balaban J connectivity index is 2.15. The van der Waals surface area contributed by atoms with E-state index in [1.54, 1.807) is 5.48 Å². The number of benzene rings is 1. The van der Waals surface area contributed by atoms with Gasteiger partial charge in [-0.3, -0.25) is 25.0 Å². The fourth-order valence-electron chi connectivity index (χ4n) is 2.96. The summed E-state index contributed by atoms with van der Waals surface area (Å²) in [6.07, 6.45) is 4.38. The van der Waals surface area contributed by atoms with E-state index in [-0.39, 0.29) is 24.8 Å². The van der Waals surface area contributed by atoms with Crippen LogP contribution in [0, 0.1) is 17.8 Å². The van der Waals surface area contributed by atoms with Crippen molar-refractivity contribution in [2.75, 3.05) is 6.54 Å². The van der Waals surface area contributed by atoms with Gasteiger partial charge in [-0.15, -0.1) is 0 Å². The van der Waals surface area contributed by atoms with Gasteiger partial charge in [0.1, 0.15) is 0 Å². The van der Waals surface area contributed by atoms with Gasteiger partial charge in [0.2, 0.25) is 11.8 Å². The Morgan fingerprint density at radius 2 is 1.96 bits per heavy atom. The maximum Gasteiger partial charge on any atom is 0.267 e. The average molecular weight is 407 g/mol. The molecule has 0 aromatic heterocycles. The van der Waals surface area contributed by atoms with E-state index in [1.807, 2.05) is 56.3 Å². The molecule has 28 heavy (non-hydrogen) atoms. The summed E-state index contributed by atoms with van der Waals surface area (Å²) in [6, 6.07) is 9.59. The first-order chi connectivity index (χ1) is 13.4. The molecule has 0 radical (unpaired) electrons. The number of hydrogen-bond acceptors (Lipinski definition) is 6. The van der Waals surface area contributed by atoms with Gasteiger partial charge in [-0.05, 0) is 24.3 Å². The van der Waals surface area contributed by atoms with Crippen LogP contribution in [0.2, 0.25) is 0 Å². The number of nitrogens with zero attached hydrogens (tertiary/aromatic N) is 1. The molecule has 1 heterocycles. The zero-order valence-corrected chi connectivity index (χ0v) is 16.7. The van der Waals surface area contributed by atoms with Gasteiger partial charge in [0.25, 0.3) is 5.91 Å². The van der Waals surface area contributed by atoms with Crippen LogP contribution in [0.5, 0.6) is 0 Å². The summed E-state index contributed by atoms with van der Waals surface area (Å²) in [5.41, 5.74) is 5.21.